The van der Waals surface area contributed by atoms with Crippen LogP contribution < -0.4 is 19.7 Å². The molecule has 0 heterocycles. The maximum absolute atomic E-state index is 13.9. The lowest BCUT2D eigenvalue weighted by molar-refractivity contribution is -0.129. The lowest BCUT2D eigenvalue weighted by Crippen LogP contribution is -2.25. The molecule has 8 nitrogen and oxygen atoms in total. The van der Waals surface area contributed by atoms with Gasteiger partial charge in [0.25, 0.3) is 0 Å². The van der Waals surface area contributed by atoms with Gasteiger partial charge in [-0.25, -0.2) is 13.9 Å². The Balaban J connectivity index is 1.69. The van der Waals surface area contributed by atoms with Crippen LogP contribution in [0, 0.1) is 0 Å². The number of hydrogen-bond donors (Lipinski definition) is 2. The highest BCUT2D eigenvalue weighted by Crippen LogP contribution is 2.39. The smallest absolute Gasteiger partial charge is 0.244 e. The van der Waals surface area contributed by atoms with E-state index < -0.39 is 27.4 Å². The highest BCUT2D eigenvalue weighted by Gasteiger charge is 2.33. The second kappa shape index (κ2) is 11.9. The van der Waals surface area contributed by atoms with Crippen LogP contribution in [0.25, 0.3) is 0 Å². The number of ether oxygens (including phenoxy) is 3. The number of hydroxylamine groups is 1. The average Bonchev–Trinajstić information content (AvgIpc) is 3.41. The first kappa shape index (κ1) is 26.8. The van der Waals surface area contributed by atoms with Crippen molar-refractivity contribution >= 4 is 27.3 Å². The monoisotopic (exact) mass is 545 g/mol. The third-order valence-corrected chi connectivity index (χ3v) is 8.56. The minimum absolute atomic E-state index is 0.00971. The summed E-state index contributed by atoms with van der Waals surface area (Å²) < 4.78 is 45.1. The lowest BCUT2D eigenvalue weighted by Gasteiger charge is -2.20. The molecule has 4 rings (SSSR count). The van der Waals surface area contributed by atoms with E-state index in [1.54, 1.807) is 54.6 Å². The van der Waals surface area contributed by atoms with Crippen molar-refractivity contribution in [2.45, 2.75) is 48.4 Å². The van der Waals surface area contributed by atoms with Gasteiger partial charge in [0.1, 0.15) is 11.5 Å². The number of rotatable bonds is 10. The highest BCUT2D eigenvalue weighted by atomic mass is 35.5. The first-order valence-corrected chi connectivity index (χ1v) is 13.8. The standard InChI is InChI=1S/C27H28ClNO7S/c1-34-24-14-13-23(16-25(24)36-20-6-2-3-7-20)37(32,33)26(17-27(30)29-31)18-5-4-8-22(15-18)35-21-11-9-19(28)10-12-21/h4-5,8-16,20,26,31H,2-3,6-7,17H2,1H3,(H,29,30). The van der Waals surface area contributed by atoms with E-state index in [0.29, 0.717) is 33.6 Å². The number of amides is 1. The molecule has 1 aliphatic rings. The molecule has 1 unspecified atom stereocenters. The van der Waals surface area contributed by atoms with Crippen LogP contribution in [-0.2, 0) is 14.6 Å². The molecule has 0 aromatic heterocycles. The molecule has 1 atom stereocenters. The molecule has 0 spiro atoms. The molecular weight excluding hydrogens is 518 g/mol. The third kappa shape index (κ3) is 6.54. The largest absolute Gasteiger partial charge is 0.493 e. The summed E-state index contributed by atoms with van der Waals surface area (Å²) in [6.07, 6.45) is 3.37. The van der Waals surface area contributed by atoms with Crippen LogP contribution in [0.15, 0.2) is 71.6 Å². The SMILES string of the molecule is COc1ccc(S(=O)(=O)C(CC(=O)NO)c2cccc(Oc3ccc(Cl)cc3)c2)cc1OC1CCCC1. The van der Waals surface area contributed by atoms with Gasteiger partial charge in [-0.1, -0.05) is 23.7 Å². The summed E-state index contributed by atoms with van der Waals surface area (Å²) in [6, 6.07) is 17.6. The summed E-state index contributed by atoms with van der Waals surface area (Å²) in [7, 11) is -2.62. The molecule has 3 aromatic rings. The number of sulfone groups is 1. The van der Waals surface area contributed by atoms with Gasteiger partial charge in [-0.05, 0) is 79.8 Å². The van der Waals surface area contributed by atoms with E-state index >= 15 is 0 Å². The quantitative estimate of drug-likeness (QED) is 0.242. The van der Waals surface area contributed by atoms with Gasteiger partial charge in [-0.2, -0.15) is 0 Å². The van der Waals surface area contributed by atoms with Crippen molar-refractivity contribution in [3.63, 3.8) is 0 Å². The van der Waals surface area contributed by atoms with Crippen molar-refractivity contribution < 1.29 is 32.6 Å². The summed E-state index contributed by atoms with van der Waals surface area (Å²) in [5, 5.41) is 8.39. The minimum atomic E-state index is -4.12. The Morgan fingerprint density at radius 1 is 1.03 bits per heavy atom. The Kier molecular flexibility index (Phi) is 8.58. The maximum Gasteiger partial charge on any atom is 0.244 e. The first-order valence-electron chi connectivity index (χ1n) is 11.8. The van der Waals surface area contributed by atoms with Gasteiger partial charge in [-0.15, -0.1) is 0 Å². The molecule has 196 valence electrons. The summed E-state index contributed by atoms with van der Waals surface area (Å²) in [4.78, 5) is 12.1. The molecule has 37 heavy (non-hydrogen) atoms. The van der Waals surface area contributed by atoms with Crippen molar-refractivity contribution in [3.8, 4) is 23.0 Å². The predicted molar refractivity (Wildman–Crippen MR) is 138 cm³/mol. The van der Waals surface area contributed by atoms with E-state index in [-0.39, 0.29) is 11.0 Å². The zero-order valence-electron chi connectivity index (χ0n) is 20.2. The Hall–Kier alpha value is -3.27. The van der Waals surface area contributed by atoms with Crippen LogP contribution in [0.3, 0.4) is 0 Å². The van der Waals surface area contributed by atoms with Gasteiger partial charge in [0.15, 0.2) is 21.3 Å². The molecule has 1 aliphatic carbocycles. The molecule has 0 radical (unpaired) electrons. The van der Waals surface area contributed by atoms with Crippen LogP contribution >= 0.6 is 11.6 Å². The van der Waals surface area contributed by atoms with Gasteiger partial charge in [-0.3, -0.25) is 10.0 Å². The Morgan fingerprint density at radius 2 is 1.76 bits per heavy atom. The highest BCUT2D eigenvalue weighted by molar-refractivity contribution is 7.91. The summed E-state index contributed by atoms with van der Waals surface area (Å²) in [6.45, 7) is 0. The number of halogens is 1. The maximum atomic E-state index is 13.9. The molecule has 2 N–H and O–H groups in total. The van der Waals surface area contributed by atoms with E-state index in [2.05, 4.69) is 0 Å². The molecule has 0 bridgehead atoms. The van der Waals surface area contributed by atoms with Gasteiger partial charge in [0, 0.05) is 17.5 Å². The molecule has 1 amide bonds. The number of carbonyl (C=O) groups excluding carboxylic acids is 1. The zero-order valence-corrected chi connectivity index (χ0v) is 21.8. The van der Waals surface area contributed by atoms with Crippen molar-refractivity contribution in [3.05, 3.63) is 77.3 Å². The van der Waals surface area contributed by atoms with Crippen molar-refractivity contribution in [1.29, 1.82) is 0 Å². The van der Waals surface area contributed by atoms with Gasteiger partial charge in [0.2, 0.25) is 5.91 Å². The number of methoxy groups -OCH3 is 1. The van der Waals surface area contributed by atoms with Crippen LogP contribution in [0.5, 0.6) is 23.0 Å². The van der Waals surface area contributed by atoms with Crippen LogP contribution in [-0.4, -0.2) is 32.7 Å². The third-order valence-electron chi connectivity index (χ3n) is 6.21. The minimum Gasteiger partial charge on any atom is -0.493 e. The Morgan fingerprint density at radius 3 is 2.43 bits per heavy atom. The van der Waals surface area contributed by atoms with Gasteiger partial charge >= 0.3 is 0 Å². The van der Waals surface area contributed by atoms with E-state index in [1.807, 2.05) is 0 Å². The molecule has 3 aromatic carbocycles. The molecule has 1 saturated carbocycles. The summed E-state index contributed by atoms with van der Waals surface area (Å²) in [5.74, 6) is 0.811. The van der Waals surface area contributed by atoms with Crippen molar-refractivity contribution in [2.75, 3.05) is 7.11 Å². The molecule has 1 fully saturated rings. The number of carbonyl (C=O) groups is 1. The Bertz CT molecular complexity index is 1340. The van der Waals surface area contributed by atoms with E-state index in [4.69, 9.17) is 31.0 Å². The summed E-state index contributed by atoms with van der Waals surface area (Å²) in [5.41, 5.74) is 1.86. The van der Waals surface area contributed by atoms with E-state index in [9.17, 15) is 13.2 Å². The van der Waals surface area contributed by atoms with E-state index in [0.717, 1.165) is 25.7 Å². The number of nitrogens with one attached hydrogen (secondary N) is 1. The first-order chi connectivity index (χ1) is 17.8. The molecule has 0 saturated heterocycles. The molecule has 10 heteroatoms. The fourth-order valence-corrected chi connectivity index (χ4v) is 6.17. The predicted octanol–water partition coefficient (Wildman–Crippen LogP) is 5.87. The topological polar surface area (TPSA) is 111 Å². The average molecular weight is 546 g/mol. The van der Waals surface area contributed by atoms with Crippen molar-refractivity contribution in [2.24, 2.45) is 0 Å². The van der Waals surface area contributed by atoms with Crippen LogP contribution in [0.4, 0.5) is 0 Å². The summed E-state index contributed by atoms with van der Waals surface area (Å²) >= 11 is 5.93. The van der Waals surface area contributed by atoms with Gasteiger partial charge in [0.05, 0.1) is 23.4 Å². The lowest BCUT2D eigenvalue weighted by atomic mass is 10.1. The number of benzene rings is 3. The normalized spacial score (nSPS) is 14.7. The van der Waals surface area contributed by atoms with Crippen LogP contribution in [0.2, 0.25) is 5.02 Å². The zero-order chi connectivity index (χ0) is 26.4. The van der Waals surface area contributed by atoms with Gasteiger partial charge < -0.3 is 14.2 Å². The fourth-order valence-electron chi connectivity index (χ4n) is 4.31. The van der Waals surface area contributed by atoms with Crippen molar-refractivity contribution in [1.82, 2.24) is 5.48 Å². The molecular formula is C27H28ClNO7S. The van der Waals surface area contributed by atoms with Crippen LogP contribution in [0.1, 0.15) is 42.9 Å². The second-order valence-electron chi connectivity index (χ2n) is 8.74. The fraction of sp³-hybridized carbons (Fsp3) is 0.296. The Labute approximate surface area is 221 Å². The second-order valence-corrected chi connectivity index (χ2v) is 11.3. The van der Waals surface area contributed by atoms with E-state index in [1.165, 1.54) is 24.7 Å². The number of hydrogen-bond acceptors (Lipinski definition) is 7. The molecule has 0 aliphatic heterocycles.